The van der Waals surface area contributed by atoms with Crippen LogP contribution in [0.25, 0.3) is 0 Å². The fourth-order valence-corrected chi connectivity index (χ4v) is 2.31. The highest BCUT2D eigenvalue weighted by molar-refractivity contribution is 4.92. The Bertz CT molecular complexity index is 202. The lowest BCUT2D eigenvalue weighted by Gasteiger charge is -2.29. The van der Waals surface area contributed by atoms with Crippen LogP contribution in [0, 0.1) is 0 Å². The van der Waals surface area contributed by atoms with Gasteiger partial charge in [-0.15, -0.1) is 0 Å². The molecule has 17 heavy (non-hydrogen) atoms. The lowest BCUT2D eigenvalue weighted by atomic mass is 9.95. The molecule has 1 aliphatic carbocycles. The lowest BCUT2D eigenvalue weighted by molar-refractivity contribution is 0.159. The van der Waals surface area contributed by atoms with Crippen LogP contribution in [0.2, 0.25) is 0 Å². The second-order valence-electron chi connectivity index (χ2n) is 5.62. The van der Waals surface area contributed by atoms with Crippen molar-refractivity contribution in [2.45, 2.75) is 64.5 Å². The van der Waals surface area contributed by atoms with Crippen molar-refractivity contribution in [3.8, 4) is 0 Å². The molecule has 0 aromatic carbocycles. The average Bonchev–Trinajstić information content (AvgIpc) is 3.13. The molecule has 0 radical (unpaired) electrons. The van der Waals surface area contributed by atoms with Crippen LogP contribution in [0.1, 0.15) is 52.9 Å². The number of unbranched alkanes of at least 4 members (excludes halogenated alkanes) is 1. The van der Waals surface area contributed by atoms with Gasteiger partial charge in [-0.1, -0.05) is 20.3 Å². The summed E-state index contributed by atoms with van der Waals surface area (Å²) in [4.78, 5) is 2.46. The third-order valence-corrected chi connectivity index (χ3v) is 3.83. The smallest absolute Gasteiger partial charge is 0.0610 e. The summed E-state index contributed by atoms with van der Waals surface area (Å²) in [6.45, 7) is 10.3. The Labute approximate surface area is 107 Å². The molecule has 102 valence electrons. The maximum atomic E-state index is 9.49. The summed E-state index contributed by atoms with van der Waals surface area (Å²) in [5.74, 6) is 0. The number of aliphatic hydroxyl groups excluding tert-OH is 1. The van der Waals surface area contributed by atoms with Crippen LogP contribution in [-0.4, -0.2) is 47.8 Å². The second-order valence-corrected chi connectivity index (χ2v) is 5.62. The van der Waals surface area contributed by atoms with Crippen LogP contribution >= 0.6 is 0 Å². The highest BCUT2D eigenvalue weighted by Crippen LogP contribution is 2.24. The van der Waals surface area contributed by atoms with Gasteiger partial charge in [0.1, 0.15) is 0 Å². The van der Waals surface area contributed by atoms with Crippen molar-refractivity contribution in [1.82, 2.24) is 10.2 Å². The zero-order chi connectivity index (χ0) is 12.7. The largest absolute Gasteiger partial charge is 0.394 e. The van der Waals surface area contributed by atoms with Gasteiger partial charge in [0, 0.05) is 11.6 Å². The second kappa shape index (κ2) is 7.34. The summed E-state index contributed by atoms with van der Waals surface area (Å²) in [5, 5.41) is 13.1. The van der Waals surface area contributed by atoms with E-state index in [0.29, 0.717) is 6.04 Å². The monoisotopic (exact) mass is 242 g/mol. The van der Waals surface area contributed by atoms with E-state index in [4.69, 9.17) is 0 Å². The van der Waals surface area contributed by atoms with Gasteiger partial charge in [0.2, 0.25) is 0 Å². The minimum atomic E-state index is -0.0512. The maximum absolute atomic E-state index is 9.49. The van der Waals surface area contributed by atoms with Gasteiger partial charge in [-0.05, 0) is 52.2 Å². The summed E-state index contributed by atoms with van der Waals surface area (Å²) in [6, 6.07) is 0.676. The van der Waals surface area contributed by atoms with Gasteiger partial charge < -0.3 is 15.3 Å². The molecule has 0 aliphatic heterocycles. The predicted octanol–water partition coefficient (Wildman–Crippen LogP) is 2.00. The molecule has 0 heterocycles. The standard InChI is InChI=1S/C14H30N2O/c1-4-16(5-2)11-7-6-10-14(3,12-17)15-13-8-9-13/h13,15,17H,4-12H2,1-3H3. The molecular formula is C14H30N2O. The van der Waals surface area contributed by atoms with Crippen LogP contribution in [0.15, 0.2) is 0 Å². The highest BCUT2D eigenvalue weighted by Gasteiger charge is 2.31. The number of hydrogen-bond acceptors (Lipinski definition) is 3. The third kappa shape index (κ3) is 5.84. The summed E-state index contributed by atoms with van der Waals surface area (Å²) >= 11 is 0. The Hall–Kier alpha value is -0.120. The van der Waals surface area contributed by atoms with Crippen molar-refractivity contribution < 1.29 is 5.11 Å². The van der Waals surface area contributed by atoms with E-state index in [1.807, 2.05) is 0 Å². The van der Waals surface area contributed by atoms with E-state index >= 15 is 0 Å². The molecule has 1 atom stereocenters. The molecule has 3 nitrogen and oxygen atoms in total. The number of rotatable bonds is 10. The first-order chi connectivity index (χ1) is 8.13. The van der Waals surface area contributed by atoms with Crippen LogP contribution in [0.3, 0.4) is 0 Å². The predicted molar refractivity (Wildman–Crippen MR) is 73.3 cm³/mol. The molecule has 0 aromatic heterocycles. The Morgan fingerprint density at radius 3 is 2.35 bits per heavy atom. The minimum absolute atomic E-state index is 0.0512. The molecule has 1 fully saturated rings. The van der Waals surface area contributed by atoms with E-state index in [-0.39, 0.29) is 12.1 Å². The van der Waals surface area contributed by atoms with Crippen molar-refractivity contribution in [1.29, 1.82) is 0 Å². The molecule has 1 saturated carbocycles. The fraction of sp³-hybridized carbons (Fsp3) is 1.00. The molecule has 0 bridgehead atoms. The van der Waals surface area contributed by atoms with Crippen LogP contribution in [0.5, 0.6) is 0 Å². The van der Waals surface area contributed by atoms with E-state index in [2.05, 4.69) is 31.0 Å². The Kier molecular flexibility index (Phi) is 6.45. The Balaban J connectivity index is 2.13. The van der Waals surface area contributed by atoms with E-state index < -0.39 is 0 Å². The van der Waals surface area contributed by atoms with Gasteiger partial charge in [0.15, 0.2) is 0 Å². The van der Waals surface area contributed by atoms with Crippen molar-refractivity contribution >= 4 is 0 Å². The van der Waals surface area contributed by atoms with Crippen molar-refractivity contribution in [3.63, 3.8) is 0 Å². The van der Waals surface area contributed by atoms with Crippen molar-refractivity contribution in [2.24, 2.45) is 0 Å². The third-order valence-electron chi connectivity index (χ3n) is 3.83. The van der Waals surface area contributed by atoms with Crippen LogP contribution < -0.4 is 5.32 Å². The maximum Gasteiger partial charge on any atom is 0.0610 e. The highest BCUT2D eigenvalue weighted by atomic mass is 16.3. The average molecular weight is 242 g/mol. The number of aliphatic hydroxyl groups is 1. The number of nitrogens with one attached hydrogen (secondary N) is 1. The zero-order valence-corrected chi connectivity index (χ0v) is 11.8. The Morgan fingerprint density at radius 2 is 1.88 bits per heavy atom. The first kappa shape index (κ1) is 14.9. The fourth-order valence-electron chi connectivity index (χ4n) is 2.31. The SMILES string of the molecule is CCN(CC)CCCCC(C)(CO)NC1CC1. The summed E-state index contributed by atoms with van der Waals surface area (Å²) in [6.07, 6.45) is 6.10. The minimum Gasteiger partial charge on any atom is -0.394 e. The lowest BCUT2D eigenvalue weighted by Crippen LogP contribution is -2.47. The molecule has 0 amide bonds. The van der Waals surface area contributed by atoms with Gasteiger partial charge >= 0.3 is 0 Å². The van der Waals surface area contributed by atoms with Crippen LogP contribution in [0.4, 0.5) is 0 Å². The molecule has 0 aromatic rings. The zero-order valence-electron chi connectivity index (χ0n) is 11.8. The van der Waals surface area contributed by atoms with Gasteiger partial charge in [0.05, 0.1) is 6.61 Å². The van der Waals surface area contributed by atoms with Crippen molar-refractivity contribution in [3.05, 3.63) is 0 Å². The van der Waals surface area contributed by atoms with E-state index in [1.54, 1.807) is 0 Å². The van der Waals surface area contributed by atoms with Crippen LogP contribution in [-0.2, 0) is 0 Å². The van der Waals surface area contributed by atoms with Crippen molar-refractivity contribution in [2.75, 3.05) is 26.2 Å². The molecule has 2 N–H and O–H groups in total. The first-order valence-electron chi connectivity index (χ1n) is 7.24. The Morgan fingerprint density at radius 1 is 1.24 bits per heavy atom. The first-order valence-corrected chi connectivity index (χ1v) is 7.24. The van der Waals surface area contributed by atoms with Gasteiger partial charge in [-0.2, -0.15) is 0 Å². The number of nitrogens with zero attached hydrogens (tertiary/aromatic N) is 1. The molecule has 0 saturated heterocycles. The number of hydrogen-bond donors (Lipinski definition) is 2. The molecule has 3 heteroatoms. The molecule has 1 rings (SSSR count). The normalized spacial score (nSPS) is 19.6. The molecular weight excluding hydrogens is 212 g/mol. The quantitative estimate of drug-likeness (QED) is 0.575. The summed E-state index contributed by atoms with van der Waals surface area (Å²) in [5.41, 5.74) is -0.0512. The summed E-state index contributed by atoms with van der Waals surface area (Å²) < 4.78 is 0. The molecule has 1 aliphatic rings. The summed E-state index contributed by atoms with van der Waals surface area (Å²) in [7, 11) is 0. The molecule has 1 unspecified atom stereocenters. The van der Waals surface area contributed by atoms with E-state index in [0.717, 1.165) is 19.5 Å². The van der Waals surface area contributed by atoms with Gasteiger partial charge in [-0.25, -0.2) is 0 Å². The van der Waals surface area contributed by atoms with Gasteiger partial charge in [0.25, 0.3) is 0 Å². The topological polar surface area (TPSA) is 35.5 Å². The molecule has 0 spiro atoms. The van der Waals surface area contributed by atoms with Gasteiger partial charge in [-0.3, -0.25) is 0 Å². The van der Waals surface area contributed by atoms with E-state index in [9.17, 15) is 5.11 Å². The van der Waals surface area contributed by atoms with E-state index in [1.165, 1.54) is 32.2 Å².